The Hall–Kier alpha value is -1.52. The highest BCUT2D eigenvalue weighted by molar-refractivity contribution is 7.91. The van der Waals surface area contributed by atoms with E-state index in [9.17, 15) is 26.0 Å². The van der Waals surface area contributed by atoms with Gasteiger partial charge in [-0.3, -0.25) is 4.79 Å². The number of nitrogens with zero attached hydrogens (tertiary/aromatic N) is 1. The zero-order chi connectivity index (χ0) is 15.7. The molecule has 0 aliphatic carbocycles. The first kappa shape index (κ1) is 16.5. The Balaban J connectivity index is 3.42. The second-order valence-corrected chi connectivity index (χ2v) is 8.12. The van der Waals surface area contributed by atoms with E-state index in [4.69, 9.17) is 5.73 Å². The number of benzene rings is 1. The predicted octanol–water partition coefficient (Wildman–Crippen LogP) is -0.665. The smallest absolute Gasteiger partial charge is 0.246 e. The highest BCUT2D eigenvalue weighted by atomic mass is 32.2. The topological polar surface area (TPSA) is 115 Å². The van der Waals surface area contributed by atoms with Crippen LogP contribution < -0.4 is 5.73 Å². The fourth-order valence-electron chi connectivity index (χ4n) is 1.38. The van der Waals surface area contributed by atoms with Crippen LogP contribution in [-0.4, -0.2) is 46.9 Å². The Morgan fingerprint density at radius 1 is 1.30 bits per heavy atom. The van der Waals surface area contributed by atoms with Crippen LogP contribution in [0.25, 0.3) is 0 Å². The van der Waals surface area contributed by atoms with Crippen LogP contribution in [0, 0.1) is 5.82 Å². The van der Waals surface area contributed by atoms with Crippen molar-refractivity contribution < 1.29 is 26.0 Å². The van der Waals surface area contributed by atoms with Crippen molar-refractivity contribution >= 4 is 25.8 Å². The number of likely N-dealkylation sites (N-methyl/N-ethyl adjacent to an activating group) is 1. The zero-order valence-electron chi connectivity index (χ0n) is 10.7. The maximum atomic E-state index is 13.6. The molecule has 0 saturated heterocycles. The first-order valence-corrected chi connectivity index (χ1v) is 8.53. The first-order valence-electron chi connectivity index (χ1n) is 5.20. The summed E-state index contributed by atoms with van der Waals surface area (Å²) in [6, 6.07) is 2.40. The molecule has 0 heterocycles. The molecule has 0 aromatic heterocycles. The molecular weight excluding hydrogens is 311 g/mol. The molecule has 0 unspecified atom stereocenters. The van der Waals surface area contributed by atoms with Crippen molar-refractivity contribution in [3.8, 4) is 0 Å². The molecule has 0 aliphatic heterocycles. The van der Waals surface area contributed by atoms with Gasteiger partial charge in [0.15, 0.2) is 9.84 Å². The molecule has 1 aromatic carbocycles. The van der Waals surface area contributed by atoms with Gasteiger partial charge in [-0.05, 0) is 18.2 Å². The maximum absolute atomic E-state index is 13.6. The third-order valence-electron chi connectivity index (χ3n) is 2.40. The van der Waals surface area contributed by atoms with Crippen LogP contribution in [-0.2, 0) is 24.7 Å². The van der Waals surface area contributed by atoms with E-state index in [-0.39, 0.29) is 4.90 Å². The lowest BCUT2D eigenvalue weighted by Gasteiger charge is -2.16. The molecule has 0 fully saturated rings. The Labute approximate surface area is 116 Å². The van der Waals surface area contributed by atoms with Gasteiger partial charge in [0.1, 0.15) is 10.7 Å². The molecule has 0 aliphatic rings. The lowest BCUT2D eigenvalue weighted by Crippen LogP contribution is -2.35. The number of carbonyl (C=O) groups excluding carboxylic acids is 1. The Kier molecular flexibility index (Phi) is 4.52. The molecule has 7 nitrogen and oxygen atoms in total. The third-order valence-corrected chi connectivity index (χ3v) is 5.33. The number of sulfone groups is 1. The summed E-state index contributed by atoms with van der Waals surface area (Å²) < 4.78 is 61.0. The minimum atomic E-state index is -4.35. The van der Waals surface area contributed by atoms with Crippen molar-refractivity contribution in [2.24, 2.45) is 5.73 Å². The van der Waals surface area contributed by atoms with Crippen molar-refractivity contribution in [2.45, 2.75) is 9.79 Å². The van der Waals surface area contributed by atoms with Crippen molar-refractivity contribution in [3.05, 3.63) is 24.0 Å². The summed E-state index contributed by atoms with van der Waals surface area (Å²) in [5.74, 6) is -2.04. The molecule has 1 rings (SSSR count). The minimum absolute atomic E-state index is 0.343. The molecule has 0 saturated carbocycles. The largest absolute Gasteiger partial charge is 0.369 e. The van der Waals surface area contributed by atoms with Gasteiger partial charge in [-0.15, -0.1) is 0 Å². The van der Waals surface area contributed by atoms with E-state index < -0.39 is 43.0 Å². The molecule has 0 bridgehead atoms. The van der Waals surface area contributed by atoms with Crippen LogP contribution in [0.15, 0.2) is 28.0 Å². The van der Waals surface area contributed by atoms with Gasteiger partial charge >= 0.3 is 0 Å². The van der Waals surface area contributed by atoms with Crippen LogP contribution in [0.1, 0.15) is 0 Å². The van der Waals surface area contributed by atoms with E-state index in [1.54, 1.807) is 0 Å². The summed E-state index contributed by atoms with van der Waals surface area (Å²) in [5, 5.41) is 0. The van der Waals surface area contributed by atoms with Gasteiger partial charge in [0.2, 0.25) is 15.9 Å². The number of amides is 1. The number of nitrogens with two attached hydrogens (primary N) is 1. The van der Waals surface area contributed by atoms with Crippen LogP contribution >= 0.6 is 0 Å². The number of carbonyl (C=O) groups is 1. The van der Waals surface area contributed by atoms with Crippen LogP contribution in [0.3, 0.4) is 0 Å². The lowest BCUT2D eigenvalue weighted by atomic mass is 10.3. The van der Waals surface area contributed by atoms with Crippen LogP contribution in [0.5, 0.6) is 0 Å². The normalized spacial score (nSPS) is 12.6. The second kappa shape index (κ2) is 5.46. The van der Waals surface area contributed by atoms with E-state index >= 15 is 0 Å². The van der Waals surface area contributed by atoms with Crippen LogP contribution in [0.2, 0.25) is 0 Å². The highest BCUT2D eigenvalue weighted by Crippen LogP contribution is 2.22. The van der Waals surface area contributed by atoms with Crippen molar-refractivity contribution in [1.29, 1.82) is 0 Å². The monoisotopic (exact) mass is 324 g/mol. The molecule has 112 valence electrons. The lowest BCUT2D eigenvalue weighted by molar-refractivity contribution is -0.118. The molecule has 0 spiro atoms. The van der Waals surface area contributed by atoms with E-state index in [1.165, 1.54) is 0 Å². The minimum Gasteiger partial charge on any atom is -0.369 e. The summed E-state index contributed by atoms with van der Waals surface area (Å²) >= 11 is 0. The number of hydrogen-bond acceptors (Lipinski definition) is 5. The number of sulfonamides is 1. The molecule has 1 aromatic rings. The SMILES string of the molecule is CN(CC(N)=O)S(=O)(=O)c1cc(S(C)(=O)=O)ccc1F. The number of hydrogen-bond donors (Lipinski definition) is 1. The molecule has 20 heavy (non-hydrogen) atoms. The summed E-state index contributed by atoms with van der Waals surface area (Å²) in [5.41, 5.74) is 4.87. The molecule has 0 radical (unpaired) electrons. The molecule has 1 amide bonds. The average molecular weight is 324 g/mol. The van der Waals surface area contributed by atoms with Crippen molar-refractivity contribution in [3.63, 3.8) is 0 Å². The summed E-state index contributed by atoms with van der Waals surface area (Å²) in [6.45, 7) is -0.648. The molecule has 2 N–H and O–H groups in total. The fourth-order valence-corrected chi connectivity index (χ4v) is 3.33. The second-order valence-electron chi connectivity index (χ2n) is 4.09. The van der Waals surface area contributed by atoms with E-state index in [1.807, 2.05) is 0 Å². The van der Waals surface area contributed by atoms with Gasteiger partial charge in [0.25, 0.3) is 0 Å². The summed E-state index contributed by atoms with van der Waals surface area (Å²) in [7, 11) is -7.01. The van der Waals surface area contributed by atoms with Crippen molar-refractivity contribution in [1.82, 2.24) is 4.31 Å². The summed E-state index contributed by atoms with van der Waals surface area (Å²) in [4.78, 5) is 9.55. The number of rotatable bonds is 5. The maximum Gasteiger partial charge on any atom is 0.246 e. The Bertz CT molecular complexity index is 743. The predicted molar refractivity (Wildman–Crippen MR) is 68.5 cm³/mol. The zero-order valence-corrected chi connectivity index (χ0v) is 12.3. The van der Waals surface area contributed by atoms with E-state index in [2.05, 4.69) is 0 Å². The summed E-state index contributed by atoms with van der Waals surface area (Å²) in [6.07, 6.45) is 0.865. The van der Waals surface area contributed by atoms with E-state index in [0.29, 0.717) is 10.4 Å². The Morgan fingerprint density at radius 2 is 1.85 bits per heavy atom. The molecule has 0 atom stereocenters. The number of halogens is 1. The molecular formula is C10H13FN2O5S2. The third kappa shape index (κ3) is 3.52. The van der Waals surface area contributed by atoms with Gasteiger partial charge in [0.05, 0.1) is 11.4 Å². The van der Waals surface area contributed by atoms with Gasteiger partial charge in [-0.25, -0.2) is 21.2 Å². The van der Waals surface area contributed by atoms with E-state index in [0.717, 1.165) is 25.4 Å². The van der Waals surface area contributed by atoms with Gasteiger partial charge in [0, 0.05) is 13.3 Å². The van der Waals surface area contributed by atoms with Gasteiger partial charge in [-0.2, -0.15) is 4.31 Å². The fraction of sp³-hybridized carbons (Fsp3) is 0.300. The van der Waals surface area contributed by atoms with Crippen molar-refractivity contribution in [2.75, 3.05) is 19.8 Å². The van der Waals surface area contributed by atoms with Gasteiger partial charge < -0.3 is 5.73 Å². The standard InChI is InChI=1S/C10H13FN2O5S2/c1-13(6-10(12)14)20(17,18)9-5-7(19(2,15)16)3-4-8(9)11/h3-5H,6H2,1-2H3,(H2,12,14). The number of primary amides is 1. The molecule has 10 heteroatoms. The van der Waals surface area contributed by atoms with Crippen LogP contribution in [0.4, 0.5) is 4.39 Å². The Morgan fingerprint density at radius 3 is 2.30 bits per heavy atom. The average Bonchev–Trinajstić information content (AvgIpc) is 2.26. The highest BCUT2D eigenvalue weighted by Gasteiger charge is 2.27. The quantitative estimate of drug-likeness (QED) is 0.722. The van der Waals surface area contributed by atoms with Gasteiger partial charge in [-0.1, -0.05) is 0 Å². The first-order chi connectivity index (χ1) is 8.96.